The van der Waals surface area contributed by atoms with Crippen LogP contribution in [0.2, 0.25) is 0 Å². The molecule has 2 aliphatic rings. The molecule has 1 aromatic carbocycles. The van der Waals surface area contributed by atoms with Gasteiger partial charge >= 0.3 is 0 Å². The number of alkyl halides is 2. The van der Waals surface area contributed by atoms with Crippen molar-refractivity contribution in [3.8, 4) is 5.75 Å². The van der Waals surface area contributed by atoms with Crippen molar-refractivity contribution in [2.24, 2.45) is 0 Å². The van der Waals surface area contributed by atoms with Gasteiger partial charge in [0.05, 0.1) is 13.0 Å². The maximum Gasteiger partial charge on any atom is 0.288 e. The smallest absolute Gasteiger partial charge is 0.288 e. The normalized spacial score (nSPS) is 23.1. The van der Waals surface area contributed by atoms with Gasteiger partial charge in [-0.15, -0.1) is 0 Å². The van der Waals surface area contributed by atoms with Crippen LogP contribution in [0.15, 0.2) is 42.7 Å². The van der Waals surface area contributed by atoms with E-state index in [9.17, 15) is 13.6 Å². The molecule has 1 aliphatic carbocycles. The van der Waals surface area contributed by atoms with E-state index in [0.29, 0.717) is 30.9 Å². The van der Waals surface area contributed by atoms with Crippen molar-refractivity contribution in [1.29, 1.82) is 0 Å². The summed E-state index contributed by atoms with van der Waals surface area (Å²) in [4.78, 5) is 25.2. The summed E-state index contributed by atoms with van der Waals surface area (Å²) in [6.45, 7) is 1.94. The zero-order chi connectivity index (χ0) is 19.7. The first-order chi connectivity index (χ1) is 13.4. The van der Waals surface area contributed by atoms with Gasteiger partial charge in [-0.1, -0.05) is 0 Å². The van der Waals surface area contributed by atoms with Crippen LogP contribution in [0.3, 0.4) is 0 Å². The summed E-state index contributed by atoms with van der Waals surface area (Å²) >= 11 is 0. The lowest BCUT2D eigenvalue weighted by Gasteiger charge is -2.24. The molecule has 0 bridgehead atoms. The molecule has 6 nitrogen and oxygen atoms in total. The van der Waals surface area contributed by atoms with Crippen LogP contribution in [0, 0.1) is 0 Å². The second-order valence-electron chi connectivity index (χ2n) is 7.37. The Balaban J connectivity index is 1.31. The van der Waals surface area contributed by atoms with E-state index >= 15 is 0 Å². The predicted octanol–water partition coefficient (Wildman–Crippen LogP) is 2.61. The third-order valence-corrected chi connectivity index (χ3v) is 5.23. The molecule has 148 valence electrons. The standard InChI is InChI=1S/C20H22F2N4O2/c1-25(13-18-23-8-2-9-24-18)15-7-10-26(12-15)19(27)14-3-5-16(6-4-14)28-17-11-20(17,21)22/h2-6,8-9,15,17H,7,10-13H2,1H3. The maximum absolute atomic E-state index is 12.9. The molecule has 0 radical (unpaired) electrons. The van der Waals surface area contributed by atoms with Gasteiger partial charge in [-0.25, -0.2) is 18.7 Å². The molecular formula is C20H22F2N4O2. The molecule has 1 aromatic heterocycles. The van der Waals surface area contributed by atoms with Crippen molar-refractivity contribution in [2.75, 3.05) is 20.1 Å². The summed E-state index contributed by atoms with van der Waals surface area (Å²) in [6.07, 6.45) is 3.03. The Kier molecular flexibility index (Phi) is 4.97. The molecule has 4 rings (SSSR count). The van der Waals surface area contributed by atoms with Crippen molar-refractivity contribution in [3.05, 3.63) is 54.1 Å². The van der Waals surface area contributed by atoms with E-state index < -0.39 is 12.0 Å². The Hall–Kier alpha value is -2.61. The topological polar surface area (TPSA) is 58.6 Å². The fraction of sp³-hybridized carbons (Fsp3) is 0.450. The van der Waals surface area contributed by atoms with E-state index in [1.807, 2.05) is 11.9 Å². The molecule has 28 heavy (non-hydrogen) atoms. The minimum atomic E-state index is -2.73. The van der Waals surface area contributed by atoms with Gasteiger partial charge in [0.2, 0.25) is 0 Å². The summed E-state index contributed by atoms with van der Waals surface area (Å²) in [7, 11) is 2.01. The zero-order valence-electron chi connectivity index (χ0n) is 15.6. The van der Waals surface area contributed by atoms with Gasteiger partial charge in [-0.05, 0) is 43.8 Å². The molecule has 2 unspecified atom stereocenters. The van der Waals surface area contributed by atoms with Crippen LogP contribution in [-0.2, 0) is 6.54 Å². The zero-order valence-corrected chi connectivity index (χ0v) is 15.6. The number of amides is 1. The number of benzene rings is 1. The fourth-order valence-corrected chi connectivity index (χ4v) is 3.39. The molecule has 2 heterocycles. The lowest BCUT2D eigenvalue weighted by molar-refractivity contribution is 0.0664. The number of likely N-dealkylation sites (tertiary alicyclic amines) is 1. The number of aromatic nitrogens is 2. The molecule has 2 aromatic rings. The van der Waals surface area contributed by atoms with Crippen LogP contribution >= 0.6 is 0 Å². The number of nitrogens with zero attached hydrogens (tertiary/aromatic N) is 4. The number of hydrogen-bond acceptors (Lipinski definition) is 5. The Morgan fingerprint density at radius 2 is 1.96 bits per heavy atom. The summed E-state index contributed by atoms with van der Waals surface area (Å²) in [5.41, 5.74) is 0.532. The number of hydrogen-bond donors (Lipinski definition) is 0. The second kappa shape index (κ2) is 7.43. The quantitative estimate of drug-likeness (QED) is 0.761. The number of ether oxygens (including phenoxy) is 1. The molecule has 0 spiro atoms. The van der Waals surface area contributed by atoms with Crippen molar-refractivity contribution in [1.82, 2.24) is 19.8 Å². The average Bonchev–Trinajstić information content (AvgIpc) is 3.09. The van der Waals surface area contributed by atoms with Crippen molar-refractivity contribution in [3.63, 3.8) is 0 Å². The number of likely N-dealkylation sites (N-methyl/N-ethyl adjacent to an activating group) is 1. The minimum Gasteiger partial charge on any atom is -0.484 e. The van der Waals surface area contributed by atoms with Crippen LogP contribution in [0.25, 0.3) is 0 Å². The number of carbonyl (C=O) groups is 1. The first-order valence-electron chi connectivity index (χ1n) is 9.32. The Morgan fingerprint density at radius 3 is 2.61 bits per heavy atom. The van der Waals surface area contributed by atoms with Gasteiger partial charge < -0.3 is 9.64 Å². The van der Waals surface area contributed by atoms with Gasteiger partial charge in [0, 0.05) is 37.1 Å². The monoisotopic (exact) mass is 388 g/mol. The lowest BCUT2D eigenvalue weighted by Crippen LogP contribution is -2.36. The molecule has 1 amide bonds. The van der Waals surface area contributed by atoms with Gasteiger partial charge in [-0.2, -0.15) is 0 Å². The van der Waals surface area contributed by atoms with Crippen LogP contribution in [0.1, 0.15) is 29.0 Å². The lowest BCUT2D eigenvalue weighted by atomic mass is 10.2. The molecule has 1 saturated heterocycles. The molecular weight excluding hydrogens is 366 g/mol. The van der Waals surface area contributed by atoms with E-state index in [1.165, 1.54) is 0 Å². The number of halogens is 2. The molecule has 8 heteroatoms. The van der Waals surface area contributed by atoms with Crippen molar-refractivity contribution in [2.45, 2.75) is 37.5 Å². The molecule has 1 saturated carbocycles. The Bertz CT molecular complexity index is 832. The summed E-state index contributed by atoms with van der Waals surface area (Å²) < 4.78 is 31.1. The Labute approximate surface area is 162 Å². The van der Waals surface area contributed by atoms with Gasteiger partial charge in [-0.3, -0.25) is 9.69 Å². The third-order valence-electron chi connectivity index (χ3n) is 5.23. The predicted molar refractivity (Wildman–Crippen MR) is 98.2 cm³/mol. The highest BCUT2D eigenvalue weighted by molar-refractivity contribution is 5.94. The maximum atomic E-state index is 12.9. The average molecular weight is 388 g/mol. The van der Waals surface area contributed by atoms with Crippen molar-refractivity contribution >= 4 is 5.91 Å². The summed E-state index contributed by atoms with van der Waals surface area (Å²) in [5.74, 6) is -1.67. The van der Waals surface area contributed by atoms with E-state index in [-0.39, 0.29) is 18.4 Å². The first kappa shape index (κ1) is 18.7. The Morgan fingerprint density at radius 1 is 1.29 bits per heavy atom. The molecule has 0 N–H and O–H groups in total. The minimum absolute atomic E-state index is 0.0600. The molecule has 2 atom stereocenters. The molecule has 2 fully saturated rings. The van der Waals surface area contributed by atoms with Crippen LogP contribution < -0.4 is 4.74 Å². The van der Waals surface area contributed by atoms with E-state index in [2.05, 4.69) is 14.9 Å². The van der Waals surface area contributed by atoms with Crippen molar-refractivity contribution < 1.29 is 18.3 Å². The van der Waals surface area contributed by atoms with Gasteiger partial charge in [0.1, 0.15) is 11.6 Å². The fourth-order valence-electron chi connectivity index (χ4n) is 3.39. The first-order valence-corrected chi connectivity index (χ1v) is 9.32. The largest absolute Gasteiger partial charge is 0.484 e. The number of rotatable bonds is 6. The summed E-state index contributed by atoms with van der Waals surface area (Å²) in [6, 6.07) is 8.45. The highest BCUT2D eigenvalue weighted by Crippen LogP contribution is 2.44. The molecule has 1 aliphatic heterocycles. The van der Waals surface area contributed by atoms with E-state index in [1.54, 1.807) is 42.7 Å². The summed E-state index contributed by atoms with van der Waals surface area (Å²) in [5, 5.41) is 0. The van der Waals surface area contributed by atoms with E-state index in [4.69, 9.17) is 4.74 Å². The second-order valence-corrected chi connectivity index (χ2v) is 7.37. The van der Waals surface area contributed by atoms with Gasteiger partial charge in [0.25, 0.3) is 11.8 Å². The number of carbonyl (C=O) groups excluding carboxylic acids is 1. The van der Waals surface area contributed by atoms with E-state index in [0.717, 1.165) is 12.2 Å². The SMILES string of the molecule is CN(Cc1ncccn1)C1CCN(C(=O)c2ccc(OC3CC3(F)F)cc2)C1. The van der Waals surface area contributed by atoms with Crippen LogP contribution in [0.4, 0.5) is 8.78 Å². The highest BCUT2D eigenvalue weighted by Gasteiger charge is 2.59. The van der Waals surface area contributed by atoms with Crippen LogP contribution in [-0.4, -0.2) is 63.9 Å². The van der Waals surface area contributed by atoms with Crippen LogP contribution in [0.5, 0.6) is 5.75 Å². The third kappa shape index (κ3) is 4.11. The highest BCUT2D eigenvalue weighted by atomic mass is 19.3. The van der Waals surface area contributed by atoms with Gasteiger partial charge in [0.15, 0.2) is 6.10 Å².